The number of benzene rings is 2. The maximum Gasteiger partial charge on any atom is 0.255 e. The van der Waals surface area contributed by atoms with Gasteiger partial charge in [0.05, 0.1) is 11.4 Å². The van der Waals surface area contributed by atoms with Gasteiger partial charge in [0, 0.05) is 23.4 Å². The maximum absolute atomic E-state index is 14.2. The van der Waals surface area contributed by atoms with Gasteiger partial charge in [-0.05, 0) is 43.9 Å². The maximum atomic E-state index is 14.2. The van der Waals surface area contributed by atoms with Crippen molar-refractivity contribution >= 4 is 21.4 Å². The Morgan fingerprint density at radius 3 is 2.10 bits per heavy atom. The summed E-state index contributed by atoms with van der Waals surface area (Å²) in [6.45, 7) is 0. The first kappa shape index (κ1) is 21.3. The minimum Gasteiger partial charge on any atom is -0.393 e. The van der Waals surface area contributed by atoms with Crippen LogP contribution in [0.1, 0.15) is 36.0 Å². The Hall–Kier alpha value is -2.46. The molecule has 0 atom stereocenters. The molecular formula is C19H17F4NO4S. The van der Waals surface area contributed by atoms with E-state index in [0.717, 1.165) is 18.2 Å². The topological polar surface area (TPSA) is 83.5 Å². The van der Waals surface area contributed by atoms with E-state index in [9.17, 15) is 35.9 Å². The van der Waals surface area contributed by atoms with Gasteiger partial charge in [-0.3, -0.25) is 4.79 Å². The summed E-state index contributed by atoms with van der Waals surface area (Å²) in [6.07, 6.45) is 0.266. The molecule has 2 N–H and O–H groups in total. The van der Waals surface area contributed by atoms with Crippen LogP contribution in [0, 0.1) is 23.3 Å². The van der Waals surface area contributed by atoms with Crippen LogP contribution in [0.2, 0.25) is 0 Å². The smallest absolute Gasteiger partial charge is 0.255 e. The number of rotatable bonds is 4. The Kier molecular flexibility index (Phi) is 5.95. The highest BCUT2D eigenvalue weighted by atomic mass is 32.2. The first-order valence-electron chi connectivity index (χ1n) is 8.77. The van der Waals surface area contributed by atoms with Gasteiger partial charge in [-0.25, -0.2) is 26.0 Å². The van der Waals surface area contributed by atoms with Crippen LogP contribution in [-0.4, -0.2) is 30.8 Å². The summed E-state index contributed by atoms with van der Waals surface area (Å²) >= 11 is 0. The number of amides is 1. The monoisotopic (exact) mass is 431 g/mol. The summed E-state index contributed by atoms with van der Waals surface area (Å²) in [5, 5.41) is 10.8. The number of sulfone groups is 1. The second kappa shape index (κ2) is 8.11. The van der Waals surface area contributed by atoms with E-state index < -0.39 is 55.3 Å². The van der Waals surface area contributed by atoms with Crippen LogP contribution < -0.4 is 5.32 Å². The van der Waals surface area contributed by atoms with Crippen LogP contribution >= 0.6 is 0 Å². The minimum absolute atomic E-state index is 0.160. The number of hydrogen-bond acceptors (Lipinski definition) is 4. The molecule has 29 heavy (non-hydrogen) atoms. The zero-order valence-electron chi connectivity index (χ0n) is 15.0. The summed E-state index contributed by atoms with van der Waals surface area (Å²) in [5.74, 6) is -6.71. The van der Waals surface area contributed by atoms with Crippen LogP contribution in [0.3, 0.4) is 0 Å². The fourth-order valence-corrected chi connectivity index (χ4v) is 5.11. The molecule has 0 aromatic heterocycles. The third-order valence-electron chi connectivity index (χ3n) is 4.82. The molecule has 156 valence electrons. The van der Waals surface area contributed by atoms with E-state index in [1.54, 1.807) is 0 Å². The van der Waals surface area contributed by atoms with E-state index in [-0.39, 0.29) is 36.9 Å². The number of aliphatic hydroxyl groups is 1. The Morgan fingerprint density at radius 2 is 1.52 bits per heavy atom. The van der Waals surface area contributed by atoms with Crippen molar-refractivity contribution in [2.45, 2.75) is 41.9 Å². The Labute approximate surface area is 164 Å². The highest BCUT2D eigenvalue weighted by Crippen LogP contribution is 2.31. The molecule has 2 aromatic rings. The van der Waals surface area contributed by atoms with Crippen molar-refractivity contribution in [2.24, 2.45) is 0 Å². The van der Waals surface area contributed by atoms with Crippen molar-refractivity contribution in [1.82, 2.24) is 0 Å². The highest BCUT2D eigenvalue weighted by molar-refractivity contribution is 7.92. The zero-order chi connectivity index (χ0) is 21.3. The summed E-state index contributed by atoms with van der Waals surface area (Å²) < 4.78 is 79.4. The molecule has 1 saturated carbocycles. The molecule has 0 bridgehead atoms. The van der Waals surface area contributed by atoms with E-state index in [1.807, 2.05) is 0 Å². The number of carbonyl (C=O) groups excluding carboxylic acids is 1. The quantitative estimate of drug-likeness (QED) is 0.573. The lowest BCUT2D eigenvalue weighted by atomic mass is 9.97. The van der Waals surface area contributed by atoms with Crippen molar-refractivity contribution in [1.29, 1.82) is 0 Å². The van der Waals surface area contributed by atoms with Crippen LogP contribution in [0.4, 0.5) is 23.2 Å². The summed E-state index contributed by atoms with van der Waals surface area (Å²) in [6, 6.07) is 3.80. The van der Waals surface area contributed by atoms with Crippen LogP contribution in [-0.2, 0) is 9.84 Å². The lowest BCUT2D eigenvalue weighted by Gasteiger charge is -2.25. The standard InChI is InChI=1S/C19H17F4NO4S/c20-14-6-1-10(19(26)24-11-8-15(21)18(23)16(22)9-11)7-17(14)29(27,28)13-4-2-12(25)3-5-13/h1,6-9,12-13,25H,2-5H2,(H,24,26). The highest BCUT2D eigenvalue weighted by Gasteiger charge is 2.33. The van der Waals surface area contributed by atoms with Crippen LogP contribution in [0.25, 0.3) is 0 Å². The van der Waals surface area contributed by atoms with Crippen molar-refractivity contribution in [2.75, 3.05) is 5.32 Å². The molecule has 0 unspecified atom stereocenters. The van der Waals surface area contributed by atoms with Gasteiger partial charge in [0.2, 0.25) is 0 Å². The van der Waals surface area contributed by atoms with Crippen molar-refractivity contribution < 1.29 is 35.9 Å². The fourth-order valence-electron chi connectivity index (χ4n) is 3.23. The largest absolute Gasteiger partial charge is 0.393 e. The van der Waals surface area contributed by atoms with Gasteiger partial charge >= 0.3 is 0 Å². The molecule has 1 fully saturated rings. The third kappa shape index (κ3) is 4.43. The van der Waals surface area contributed by atoms with Crippen molar-refractivity contribution in [3.63, 3.8) is 0 Å². The molecular weight excluding hydrogens is 414 g/mol. The van der Waals surface area contributed by atoms with E-state index in [2.05, 4.69) is 5.32 Å². The average molecular weight is 431 g/mol. The molecule has 0 radical (unpaired) electrons. The first-order chi connectivity index (χ1) is 13.6. The van der Waals surface area contributed by atoms with Crippen LogP contribution in [0.5, 0.6) is 0 Å². The molecule has 3 rings (SSSR count). The molecule has 5 nitrogen and oxygen atoms in total. The number of hydrogen-bond donors (Lipinski definition) is 2. The van der Waals surface area contributed by atoms with E-state index in [1.165, 1.54) is 0 Å². The SMILES string of the molecule is O=C(Nc1cc(F)c(F)c(F)c1)c1ccc(F)c(S(=O)(=O)C2CCC(O)CC2)c1. The molecule has 1 amide bonds. The molecule has 0 aliphatic heterocycles. The number of nitrogens with one attached hydrogen (secondary N) is 1. The first-order valence-corrected chi connectivity index (χ1v) is 10.3. The van der Waals surface area contributed by atoms with E-state index >= 15 is 0 Å². The van der Waals surface area contributed by atoms with Gasteiger partial charge in [0.1, 0.15) is 10.7 Å². The van der Waals surface area contributed by atoms with Crippen molar-refractivity contribution in [3.8, 4) is 0 Å². The second-order valence-electron chi connectivity index (χ2n) is 6.83. The minimum atomic E-state index is -4.10. The second-order valence-corrected chi connectivity index (χ2v) is 9.03. The van der Waals surface area contributed by atoms with Gasteiger partial charge in [-0.2, -0.15) is 0 Å². The molecule has 0 spiro atoms. The molecule has 0 saturated heterocycles. The lowest BCUT2D eigenvalue weighted by Crippen LogP contribution is -2.30. The number of aliphatic hydroxyl groups excluding tert-OH is 1. The summed E-state index contributed by atoms with van der Waals surface area (Å²) in [7, 11) is -4.10. The van der Waals surface area contributed by atoms with E-state index in [4.69, 9.17) is 0 Å². The number of anilines is 1. The van der Waals surface area contributed by atoms with E-state index in [0.29, 0.717) is 12.1 Å². The molecule has 1 aliphatic rings. The van der Waals surface area contributed by atoms with Gasteiger partial charge in [0.25, 0.3) is 5.91 Å². The normalized spacial score (nSPS) is 19.8. The van der Waals surface area contributed by atoms with Gasteiger partial charge in [-0.1, -0.05) is 0 Å². The van der Waals surface area contributed by atoms with Gasteiger partial charge < -0.3 is 10.4 Å². The zero-order valence-corrected chi connectivity index (χ0v) is 15.8. The Morgan fingerprint density at radius 1 is 0.931 bits per heavy atom. The van der Waals surface area contributed by atoms with Gasteiger partial charge in [-0.15, -0.1) is 0 Å². The predicted octanol–water partition coefficient (Wildman–Crippen LogP) is 3.57. The Bertz CT molecular complexity index is 1030. The number of carbonyl (C=O) groups is 1. The molecule has 10 heteroatoms. The fraction of sp³-hybridized carbons (Fsp3) is 0.316. The average Bonchev–Trinajstić information content (AvgIpc) is 2.66. The number of halogens is 4. The molecule has 2 aromatic carbocycles. The molecule has 1 aliphatic carbocycles. The van der Waals surface area contributed by atoms with Crippen LogP contribution in [0.15, 0.2) is 35.2 Å². The lowest BCUT2D eigenvalue weighted by molar-refractivity contribution is 0.102. The van der Waals surface area contributed by atoms with Gasteiger partial charge in [0.15, 0.2) is 27.3 Å². The predicted molar refractivity (Wildman–Crippen MR) is 96.1 cm³/mol. The third-order valence-corrected chi connectivity index (χ3v) is 7.10. The summed E-state index contributed by atoms with van der Waals surface area (Å²) in [4.78, 5) is 11.7. The summed E-state index contributed by atoms with van der Waals surface area (Å²) in [5.41, 5.74) is -0.646. The van der Waals surface area contributed by atoms with Crippen molar-refractivity contribution in [3.05, 3.63) is 59.2 Å². The molecule has 0 heterocycles. The Balaban J connectivity index is 1.87.